The molecule has 1 atom stereocenters. The summed E-state index contributed by atoms with van der Waals surface area (Å²) < 4.78 is 5.76. The minimum Gasteiger partial charge on any atom is -0.370 e. The third-order valence-electron chi connectivity index (χ3n) is 3.68. The van der Waals surface area contributed by atoms with Gasteiger partial charge in [-0.05, 0) is 31.3 Å². The van der Waals surface area contributed by atoms with Gasteiger partial charge in [0.15, 0.2) is 0 Å². The van der Waals surface area contributed by atoms with Crippen LogP contribution in [-0.2, 0) is 9.53 Å². The summed E-state index contributed by atoms with van der Waals surface area (Å²) in [5.74, 6) is 0.132. The Morgan fingerprint density at radius 3 is 2.86 bits per heavy atom. The number of likely N-dealkylation sites (N-methyl/N-ethyl adjacent to an activating group) is 1. The summed E-state index contributed by atoms with van der Waals surface area (Å²) in [7, 11) is 1.94. The Kier molecular flexibility index (Phi) is 5.88. The van der Waals surface area contributed by atoms with E-state index in [1.165, 1.54) is 0 Å². The van der Waals surface area contributed by atoms with Crippen molar-refractivity contribution in [3.8, 4) is 0 Å². The molecule has 116 valence electrons. The molecule has 1 heterocycles. The standard InChI is InChI=1S/C15H20Cl2N2O2/c1-3-18(2)10-15(20)19-6-7-21-14(9-19)11-4-5-12(16)13(17)8-11/h4-5,8,14H,3,6-7,9-10H2,1-2H3/t14-/m0/s1. The molecule has 1 aromatic rings. The number of benzene rings is 1. The van der Waals surface area contributed by atoms with E-state index < -0.39 is 0 Å². The van der Waals surface area contributed by atoms with Crippen LogP contribution in [0.2, 0.25) is 10.0 Å². The molecule has 0 aliphatic carbocycles. The summed E-state index contributed by atoms with van der Waals surface area (Å²) >= 11 is 12.0. The lowest BCUT2D eigenvalue weighted by Gasteiger charge is -2.34. The number of ether oxygens (including phenoxy) is 1. The zero-order valence-corrected chi connectivity index (χ0v) is 13.8. The van der Waals surface area contributed by atoms with Gasteiger partial charge in [-0.1, -0.05) is 36.2 Å². The average molecular weight is 331 g/mol. The first-order chi connectivity index (χ1) is 10.0. The molecular formula is C15H20Cl2N2O2. The third-order valence-corrected chi connectivity index (χ3v) is 4.42. The van der Waals surface area contributed by atoms with E-state index in [2.05, 4.69) is 0 Å². The maximum Gasteiger partial charge on any atom is 0.236 e. The van der Waals surface area contributed by atoms with Crippen LogP contribution in [0.1, 0.15) is 18.6 Å². The van der Waals surface area contributed by atoms with Gasteiger partial charge in [-0.15, -0.1) is 0 Å². The highest BCUT2D eigenvalue weighted by Gasteiger charge is 2.26. The van der Waals surface area contributed by atoms with Crippen LogP contribution in [0, 0.1) is 0 Å². The van der Waals surface area contributed by atoms with E-state index in [-0.39, 0.29) is 12.0 Å². The number of hydrogen-bond acceptors (Lipinski definition) is 3. The van der Waals surface area contributed by atoms with Crippen molar-refractivity contribution in [1.29, 1.82) is 0 Å². The predicted molar refractivity (Wildman–Crippen MR) is 84.9 cm³/mol. The van der Waals surface area contributed by atoms with Crippen LogP contribution in [0.3, 0.4) is 0 Å². The Labute approximate surface area is 135 Å². The van der Waals surface area contributed by atoms with Gasteiger partial charge in [-0.25, -0.2) is 0 Å². The summed E-state index contributed by atoms with van der Waals surface area (Å²) in [4.78, 5) is 16.1. The van der Waals surface area contributed by atoms with Crippen molar-refractivity contribution in [2.24, 2.45) is 0 Å². The minimum atomic E-state index is -0.149. The number of carbonyl (C=O) groups excluding carboxylic acids is 1. The Bertz CT molecular complexity index is 510. The molecule has 1 saturated heterocycles. The number of halogens is 2. The van der Waals surface area contributed by atoms with Crippen molar-refractivity contribution in [3.63, 3.8) is 0 Å². The number of amides is 1. The molecule has 2 rings (SSSR count). The van der Waals surface area contributed by atoms with E-state index in [4.69, 9.17) is 27.9 Å². The second-order valence-electron chi connectivity index (χ2n) is 5.20. The Balaban J connectivity index is 2.03. The SMILES string of the molecule is CCN(C)CC(=O)N1CCO[C@H](c2ccc(Cl)c(Cl)c2)C1. The highest BCUT2D eigenvalue weighted by Crippen LogP contribution is 2.29. The first-order valence-electron chi connectivity index (χ1n) is 7.04. The van der Waals surface area contributed by atoms with Crippen molar-refractivity contribution in [3.05, 3.63) is 33.8 Å². The molecule has 21 heavy (non-hydrogen) atoms. The summed E-state index contributed by atoms with van der Waals surface area (Å²) in [6, 6.07) is 5.46. The summed E-state index contributed by atoms with van der Waals surface area (Å²) in [6.07, 6.45) is -0.149. The molecule has 0 aromatic heterocycles. The van der Waals surface area contributed by atoms with Crippen LogP contribution in [0.5, 0.6) is 0 Å². The molecule has 1 aliphatic heterocycles. The van der Waals surface area contributed by atoms with Gasteiger partial charge in [-0.3, -0.25) is 9.69 Å². The van der Waals surface area contributed by atoms with Gasteiger partial charge in [0.2, 0.25) is 5.91 Å². The van der Waals surface area contributed by atoms with Crippen molar-refractivity contribution >= 4 is 29.1 Å². The fraction of sp³-hybridized carbons (Fsp3) is 0.533. The Hall–Kier alpha value is -0.810. The molecule has 1 aliphatic rings. The monoisotopic (exact) mass is 330 g/mol. The molecule has 0 spiro atoms. The third kappa shape index (κ3) is 4.33. The normalized spacial score (nSPS) is 19.1. The van der Waals surface area contributed by atoms with Crippen molar-refractivity contribution in [1.82, 2.24) is 9.80 Å². The quantitative estimate of drug-likeness (QED) is 0.851. The molecule has 1 amide bonds. The smallest absolute Gasteiger partial charge is 0.236 e. The van der Waals surface area contributed by atoms with Gasteiger partial charge in [-0.2, -0.15) is 0 Å². The van der Waals surface area contributed by atoms with E-state index >= 15 is 0 Å². The topological polar surface area (TPSA) is 32.8 Å². The predicted octanol–water partition coefficient (Wildman–Crippen LogP) is 2.85. The van der Waals surface area contributed by atoms with E-state index in [9.17, 15) is 4.79 Å². The zero-order valence-electron chi connectivity index (χ0n) is 12.3. The highest BCUT2D eigenvalue weighted by atomic mass is 35.5. The van der Waals surface area contributed by atoms with Crippen LogP contribution >= 0.6 is 23.2 Å². The van der Waals surface area contributed by atoms with Crippen LogP contribution in [-0.4, -0.2) is 55.5 Å². The highest BCUT2D eigenvalue weighted by molar-refractivity contribution is 6.42. The van der Waals surface area contributed by atoms with Gasteiger partial charge in [0, 0.05) is 6.54 Å². The molecule has 0 N–H and O–H groups in total. The first kappa shape index (κ1) is 16.6. The van der Waals surface area contributed by atoms with Gasteiger partial charge in [0.25, 0.3) is 0 Å². The molecule has 0 radical (unpaired) electrons. The fourth-order valence-electron chi connectivity index (χ4n) is 2.23. The second-order valence-corrected chi connectivity index (χ2v) is 6.02. The van der Waals surface area contributed by atoms with Gasteiger partial charge in [0.05, 0.1) is 29.7 Å². The van der Waals surface area contributed by atoms with Gasteiger partial charge in [0.1, 0.15) is 6.10 Å². The average Bonchev–Trinajstić information content (AvgIpc) is 2.50. The second kappa shape index (κ2) is 7.45. The fourth-order valence-corrected chi connectivity index (χ4v) is 2.54. The number of morpholine rings is 1. The molecule has 0 saturated carbocycles. The molecule has 0 bridgehead atoms. The summed E-state index contributed by atoms with van der Waals surface area (Å²) in [5.41, 5.74) is 0.950. The Morgan fingerprint density at radius 1 is 1.43 bits per heavy atom. The lowest BCUT2D eigenvalue weighted by atomic mass is 10.1. The molecule has 1 fully saturated rings. The molecular weight excluding hydrogens is 311 g/mol. The largest absolute Gasteiger partial charge is 0.370 e. The summed E-state index contributed by atoms with van der Waals surface area (Å²) in [6.45, 7) is 5.04. The maximum absolute atomic E-state index is 12.2. The number of carbonyl (C=O) groups is 1. The number of nitrogens with zero attached hydrogens (tertiary/aromatic N) is 2. The van der Waals surface area contributed by atoms with Crippen molar-refractivity contribution < 1.29 is 9.53 Å². The van der Waals surface area contributed by atoms with Crippen molar-refractivity contribution in [2.45, 2.75) is 13.0 Å². The van der Waals surface area contributed by atoms with Crippen LogP contribution in [0.25, 0.3) is 0 Å². The minimum absolute atomic E-state index is 0.132. The van der Waals surface area contributed by atoms with E-state index in [1.54, 1.807) is 12.1 Å². The molecule has 4 nitrogen and oxygen atoms in total. The van der Waals surface area contributed by atoms with Crippen molar-refractivity contribution in [2.75, 3.05) is 39.8 Å². The van der Waals surface area contributed by atoms with Gasteiger partial charge >= 0.3 is 0 Å². The lowest BCUT2D eigenvalue weighted by molar-refractivity contribution is -0.139. The Morgan fingerprint density at radius 2 is 2.19 bits per heavy atom. The maximum atomic E-state index is 12.2. The molecule has 1 aromatic carbocycles. The lowest BCUT2D eigenvalue weighted by Crippen LogP contribution is -2.46. The summed E-state index contributed by atoms with van der Waals surface area (Å²) in [5, 5.41) is 1.03. The van der Waals surface area contributed by atoms with E-state index in [0.29, 0.717) is 36.3 Å². The number of rotatable bonds is 4. The zero-order chi connectivity index (χ0) is 15.4. The number of hydrogen-bond donors (Lipinski definition) is 0. The van der Waals surface area contributed by atoms with Crippen LogP contribution in [0.15, 0.2) is 18.2 Å². The first-order valence-corrected chi connectivity index (χ1v) is 7.79. The van der Waals surface area contributed by atoms with Crippen LogP contribution < -0.4 is 0 Å². The van der Waals surface area contributed by atoms with Gasteiger partial charge < -0.3 is 9.64 Å². The molecule has 6 heteroatoms. The van der Waals surface area contributed by atoms with Crippen LogP contribution in [0.4, 0.5) is 0 Å². The van der Waals surface area contributed by atoms with E-state index in [1.807, 2.05) is 29.8 Å². The van der Waals surface area contributed by atoms with E-state index in [0.717, 1.165) is 12.1 Å². The molecule has 0 unspecified atom stereocenters.